The van der Waals surface area contributed by atoms with Gasteiger partial charge in [0.2, 0.25) is 0 Å². The molecule has 146 valence electrons. The topological polar surface area (TPSA) is 105 Å². The molecule has 0 aliphatic rings. The number of aryl methyl sites for hydroxylation is 2. The van der Waals surface area contributed by atoms with E-state index in [-0.39, 0.29) is 18.5 Å². The number of hydrogen-bond acceptors (Lipinski definition) is 5. The lowest BCUT2D eigenvalue weighted by Crippen LogP contribution is -2.49. The quantitative estimate of drug-likeness (QED) is 0.571. The Labute approximate surface area is 156 Å². The van der Waals surface area contributed by atoms with Gasteiger partial charge in [-0.2, -0.15) is 0 Å². The third-order valence-corrected chi connectivity index (χ3v) is 6.69. The number of hydrogen-bond donors (Lipinski definition) is 2. The van der Waals surface area contributed by atoms with Gasteiger partial charge < -0.3 is 4.57 Å². The first-order chi connectivity index (χ1) is 12.5. The molecule has 27 heavy (non-hydrogen) atoms. The highest BCUT2D eigenvalue weighted by molar-refractivity contribution is 7.92. The van der Waals surface area contributed by atoms with Crippen LogP contribution < -0.4 is 11.0 Å². The van der Waals surface area contributed by atoms with Crippen molar-refractivity contribution >= 4 is 15.7 Å². The summed E-state index contributed by atoms with van der Waals surface area (Å²) in [5.41, 5.74) is 2.33. The maximum atomic E-state index is 14.1. The van der Waals surface area contributed by atoms with Gasteiger partial charge in [-0.3, -0.25) is 14.8 Å². The largest absolute Gasteiger partial charge is 0.315 e. The highest BCUT2D eigenvalue weighted by Gasteiger charge is 2.43. The molecule has 1 amide bonds. The molecule has 0 aliphatic carbocycles. The molecule has 1 heterocycles. The minimum absolute atomic E-state index is 0.0769. The molecule has 1 aromatic carbocycles. The van der Waals surface area contributed by atoms with Crippen LogP contribution in [-0.2, 0) is 21.2 Å². The van der Waals surface area contributed by atoms with E-state index in [2.05, 4.69) is 0 Å². The number of carbonyl (C=O) groups is 1. The zero-order valence-corrected chi connectivity index (χ0v) is 16.0. The number of pyridine rings is 1. The first-order valence-corrected chi connectivity index (χ1v) is 10.00. The fraction of sp³-hybridized carbons (Fsp3) is 0.333. The average Bonchev–Trinajstić information content (AvgIpc) is 2.58. The van der Waals surface area contributed by atoms with Crippen molar-refractivity contribution in [2.45, 2.75) is 31.6 Å². The summed E-state index contributed by atoms with van der Waals surface area (Å²) in [6.45, 7) is 2.85. The SMILES string of the molecule is Cc1ccc(-c2ccn(CCC(C)(C(=O)NO)S(C)(=O)=O)c(=O)c2)c(F)c1. The smallest absolute Gasteiger partial charge is 0.264 e. The molecule has 0 saturated heterocycles. The van der Waals surface area contributed by atoms with Gasteiger partial charge in [0, 0.05) is 30.6 Å². The Balaban J connectivity index is 2.31. The monoisotopic (exact) mass is 396 g/mol. The van der Waals surface area contributed by atoms with Gasteiger partial charge in [-0.05, 0) is 43.5 Å². The zero-order chi connectivity index (χ0) is 20.4. The molecule has 2 N–H and O–H groups in total. The van der Waals surface area contributed by atoms with Crippen LogP contribution in [0.15, 0.2) is 41.3 Å². The number of sulfone groups is 1. The van der Waals surface area contributed by atoms with Gasteiger partial charge >= 0.3 is 0 Å². The van der Waals surface area contributed by atoms with Crippen molar-refractivity contribution in [3.63, 3.8) is 0 Å². The number of aromatic nitrogens is 1. The zero-order valence-electron chi connectivity index (χ0n) is 15.2. The fourth-order valence-electron chi connectivity index (χ4n) is 2.63. The standard InChI is InChI=1S/C18H21FN2O5S/c1-12-4-5-14(15(19)10-12)13-6-8-21(16(22)11-13)9-7-18(2,17(23)20-24)27(3,25)26/h4-6,8,10-11,24H,7,9H2,1-3H3,(H,20,23). The highest BCUT2D eigenvalue weighted by Crippen LogP contribution is 2.24. The Bertz CT molecular complexity index is 1030. The molecule has 0 saturated carbocycles. The van der Waals surface area contributed by atoms with Crippen LogP contribution in [0, 0.1) is 12.7 Å². The Morgan fingerprint density at radius 2 is 1.96 bits per heavy atom. The van der Waals surface area contributed by atoms with Gasteiger partial charge in [0.15, 0.2) is 14.6 Å². The molecule has 1 aromatic heterocycles. The lowest BCUT2D eigenvalue weighted by Gasteiger charge is -2.25. The summed E-state index contributed by atoms with van der Waals surface area (Å²) in [7, 11) is -3.86. The molecule has 0 fully saturated rings. The summed E-state index contributed by atoms with van der Waals surface area (Å²) in [5.74, 6) is -1.52. The first-order valence-electron chi connectivity index (χ1n) is 8.11. The molecule has 0 spiro atoms. The molecule has 0 bridgehead atoms. The van der Waals surface area contributed by atoms with E-state index in [9.17, 15) is 22.4 Å². The number of hydroxylamine groups is 1. The summed E-state index contributed by atoms with van der Waals surface area (Å²) >= 11 is 0. The van der Waals surface area contributed by atoms with E-state index >= 15 is 0 Å². The normalized spacial score (nSPS) is 13.8. The number of benzene rings is 1. The van der Waals surface area contributed by atoms with E-state index in [1.807, 2.05) is 0 Å². The third-order valence-electron chi connectivity index (χ3n) is 4.66. The molecule has 0 radical (unpaired) electrons. The molecule has 2 rings (SSSR count). The van der Waals surface area contributed by atoms with Crippen LogP contribution in [-0.4, -0.2) is 35.1 Å². The number of rotatable bonds is 6. The molecular weight excluding hydrogens is 375 g/mol. The van der Waals surface area contributed by atoms with Crippen molar-refractivity contribution < 1.29 is 22.8 Å². The number of carbonyl (C=O) groups excluding carboxylic acids is 1. The van der Waals surface area contributed by atoms with Crippen molar-refractivity contribution in [2.24, 2.45) is 0 Å². The van der Waals surface area contributed by atoms with Gasteiger partial charge in [0.25, 0.3) is 11.5 Å². The van der Waals surface area contributed by atoms with Crippen molar-refractivity contribution in [2.75, 3.05) is 6.26 Å². The summed E-state index contributed by atoms with van der Waals surface area (Å²) in [4.78, 5) is 24.2. The Kier molecular flexibility index (Phi) is 5.86. The number of halogens is 1. The average molecular weight is 396 g/mol. The predicted molar refractivity (Wildman–Crippen MR) is 98.6 cm³/mol. The van der Waals surface area contributed by atoms with Crippen LogP contribution in [0.25, 0.3) is 11.1 Å². The second kappa shape index (κ2) is 7.61. The lowest BCUT2D eigenvalue weighted by molar-refractivity contribution is -0.131. The molecule has 7 nitrogen and oxygen atoms in total. The maximum absolute atomic E-state index is 14.1. The Morgan fingerprint density at radius 1 is 1.30 bits per heavy atom. The van der Waals surface area contributed by atoms with Gasteiger partial charge in [-0.25, -0.2) is 18.3 Å². The first kappa shape index (κ1) is 20.8. The van der Waals surface area contributed by atoms with Crippen LogP contribution in [0.4, 0.5) is 4.39 Å². The summed E-state index contributed by atoms with van der Waals surface area (Å²) < 4.78 is 37.3. The maximum Gasteiger partial charge on any atom is 0.264 e. The van der Waals surface area contributed by atoms with E-state index in [0.717, 1.165) is 11.8 Å². The van der Waals surface area contributed by atoms with Gasteiger partial charge in [0.1, 0.15) is 5.82 Å². The molecule has 1 atom stereocenters. The van der Waals surface area contributed by atoms with E-state index in [0.29, 0.717) is 5.56 Å². The van der Waals surface area contributed by atoms with Crippen LogP contribution in [0.5, 0.6) is 0 Å². The molecule has 1 unspecified atom stereocenters. The van der Waals surface area contributed by atoms with E-state index in [1.165, 1.54) is 35.3 Å². The minimum Gasteiger partial charge on any atom is -0.315 e. The number of nitrogens with one attached hydrogen (secondary N) is 1. The molecule has 0 aliphatic heterocycles. The lowest BCUT2D eigenvalue weighted by atomic mass is 10.0. The van der Waals surface area contributed by atoms with Crippen LogP contribution in [0.1, 0.15) is 18.9 Å². The fourth-order valence-corrected chi connectivity index (χ4v) is 3.48. The van der Waals surface area contributed by atoms with Crippen LogP contribution in [0.2, 0.25) is 0 Å². The van der Waals surface area contributed by atoms with Crippen LogP contribution >= 0.6 is 0 Å². The van der Waals surface area contributed by atoms with Crippen molar-refractivity contribution in [1.29, 1.82) is 0 Å². The Hall–Kier alpha value is -2.52. The van der Waals surface area contributed by atoms with Gasteiger partial charge in [0.05, 0.1) is 0 Å². The Morgan fingerprint density at radius 3 is 2.48 bits per heavy atom. The van der Waals surface area contributed by atoms with Crippen LogP contribution in [0.3, 0.4) is 0 Å². The highest BCUT2D eigenvalue weighted by atomic mass is 32.2. The van der Waals surface area contributed by atoms with E-state index < -0.39 is 31.9 Å². The van der Waals surface area contributed by atoms with E-state index in [1.54, 1.807) is 25.1 Å². The van der Waals surface area contributed by atoms with E-state index in [4.69, 9.17) is 5.21 Å². The molecular formula is C18H21FN2O5S. The summed E-state index contributed by atoms with van der Waals surface area (Å²) in [5, 5.41) is 8.83. The number of amides is 1. The van der Waals surface area contributed by atoms with Crippen molar-refractivity contribution in [3.8, 4) is 11.1 Å². The summed E-state index contributed by atoms with van der Waals surface area (Å²) in [6.07, 6.45) is 2.07. The minimum atomic E-state index is -3.86. The third kappa shape index (κ3) is 4.25. The van der Waals surface area contributed by atoms with Crippen molar-refractivity contribution in [3.05, 3.63) is 58.3 Å². The van der Waals surface area contributed by atoms with Crippen molar-refractivity contribution in [1.82, 2.24) is 10.0 Å². The predicted octanol–water partition coefficient (Wildman–Crippen LogP) is 1.66. The molecule has 2 aromatic rings. The number of nitrogens with zero attached hydrogens (tertiary/aromatic N) is 1. The molecule has 9 heteroatoms. The second-order valence-corrected chi connectivity index (χ2v) is 9.07. The van der Waals surface area contributed by atoms with Gasteiger partial charge in [-0.1, -0.05) is 12.1 Å². The van der Waals surface area contributed by atoms with Gasteiger partial charge in [-0.15, -0.1) is 0 Å². The summed E-state index contributed by atoms with van der Waals surface area (Å²) in [6, 6.07) is 7.47. The second-order valence-electron chi connectivity index (χ2n) is 6.62.